The van der Waals surface area contributed by atoms with Crippen LogP contribution in [-0.2, 0) is 0 Å². The number of imidazole rings is 1. The number of aromatic carboxylic acids is 1. The predicted molar refractivity (Wildman–Crippen MR) is 56.0 cm³/mol. The number of carbonyl (C=O) groups is 1. The smallest absolute Gasteiger partial charge is 0.356 e. The van der Waals surface area contributed by atoms with Gasteiger partial charge in [0.25, 0.3) is 0 Å². The van der Waals surface area contributed by atoms with Crippen molar-refractivity contribution < 1.29 is 23.8 Å². The molecule has 0 saturated carbocycles. The van der Waals surface area contributed by atoms with Gasteiger partial charge in [0, 0.05) is 5.56 Å². The topological polar surface area (TPSA) is 86.2 Å². The van der Waals surface area contributed by atoms with Gasteiger partial charge in [-0.25, -0.2) is 18.6 Å². The fraction of sp³-hybridized carbons (Fsp3) is 0.0909. The average Bonchev–Trinajstić information content (AvgIpc) is 2.80. The molecule has 0 aliphatic rings. The van der Waals surface area contributed by atoms with Crippen molar-refractivity contribution in [2.24, 2.45) is 0 Å². The molecule has 5 nitrogen and oxygen atoms in total. The largest absolute Gasteiger partial charge is 0.476 e. The Balaban J connectivity index is 2.47. The summed E-state index contributed by atoms with van der Waals surface area (Å²) in [6, 6.07) is 2.55. The SMILES string of the molecule is O=C(O)c1nc[nH]c1C(O)c1cc(F)ccc1F. The third-order valence-electron chi connectivity index (χ3n) is 2.40. The summed E-state index contributed by atoms with van der Waals surface area (Å²) in [6.45, 7) is 0. The lowest BCUT2D eigenvalue weighted by molar-refractivity contribution is 0.0685. The van der Waals surface area contributed by atoms with E-state index in [9.17, 15) is 18.7 Å². The first kappa shape index (κ1) is 12.2. The molecule has 1 heterocycles. The normalized spacial score (nSPS) is 12.4. The van der Waals surface area contributed by atoms with Crippen LogP contribution in [0, 0.1) is 11.6 Å². The Hall–Kier alpha value is -2.28. The van der Waals surface area contributed by atoms with Gasteiger partial charge in [-0.15, -0.1) is 0 Å². The zero-order chi connectivity index (χ0) is 13.3. The second-order valence-corrected chi connectivity index (χ2v) is 3.54. The molecule has 1 atom stereocenters. The van der Waals surface area contributed by atoms with Crippen molar-refractivity contribution in [1.82, 2.24) is 9.97 Å². The molecule has 2 rings (SSSR count). The average molecular weight is 254 g/mol. The lowest BCUT2D eigenvalue weighted by atomic mass is 10.0. The molecule has 0 radical (unpaired) electrons. The van der Waals surface area contributed by atoms with Gasteiger partial charge in [0.1, 0.15) is 17.7 Å². The Morgan fingerprint density at radius 2 is 2.11 bits per heavy atom. The van der Waals surface area contributed by atoms with Crippen molar-refractivity contribution in [2.45, 2.75) is 6.10 Å². The number of H-pyrrole nitrogens is 1. The molecule has 0 aliphatic carbocycles. The summed E-state index contributed by atoms with van der Waals surface area (Å²) in [6.07, 6.45) is -0.576. The molecule has 0 amide bonds. The number of nitrogens with one attached hydrogen (secondary N) is 1. The predicted octanol–water partition coefficient (Wildman–Crippen LogP) is 1.47. The van der Waals surface area contributed by atoms with Gasteiger partial charge in [-0.3, -0.25) is 0 Å². The van der Waals surface area contributed by atoms with E-state index in [1.54, 1.807) is 0 Å². The Morgan fingerprint density at radius 3 is 2.78 bits per heavy atom. The second-order valence-electron chi connectivity index (χ2n) is 3.54. The van der Waals surface area contributed by atoms with E-state index in [1.165, 1.54) is 0 Å². The Bertz CT molecular complexity index is 598. The molecular formula is C11H8F2N2O3. The molecule has 94 valence electrons. The number of hydrogen-bond donors (Lipinski definition) is 3. The number of aromatic amines is 1. The van der Waals surface area contributed by atoms with Gasteiger partial charge in [-0.1, -0.05) is 0 Å². The highest BCUT2D eigenvalue weighted by Crippen LogP contribution is 2.25. The Kier molecular flexibility index (Phi) is 3.07. The lowest BCUT2D eigenvalue weighted by Gasteiger charge is -2.11. The van der Waals surface area contributed by atoms with Crippen LogP contribution in [0.25, 0.3) is 0 Å². The number of carboxylic acids is 1. The van der Waals surface area contributed by atoms with E-state index in [2.05, 4.69) is 9.97 Å². The van der Waals surface area contributed by atoms with Gasteiger partial charge in [0.15, 0.2) is 5.69 Å². The van der Waals surface area contributed by atoms with E-state index < -0.39 is 29.4 Å². The van der Waals surface area contributed by atoms with Crippen LogP contribution >= 0.6 is 0 Å². The minimum atomic E-state index is -1.63. The quantitative estimate of drug-likeness (QED) is 0.774. The van der Waals surface area contributed by atoms with E-state index in [1.807, 2.05) is 0 Å². The highest BCUT2D eigenvalue weighted by atomic mass is 19.1. The van der Waals surface area contributed by atoms with Gasteiger partial charge in [0.05, 0.1) is 12.0 Å². The number of rotatable bonds is 3. The summed E-state index contributed by atoms with van der Waals surface area (Å²) in [5.41, 5.74) is -1.00. The van der Waals surface area contributed by atoms with Gasteiger partial charge < -0.3 is 15.2 Å². The number of hydrogen-bond acceptors (Lipinski definition) is 3. The van der Waals surface area contributed by atoms with Crippen molar-refractivity contribution in [1.29, 1.82) is 0 Å². The molecule has 2 aromatic rings. The van der Waals surface area contributed by atoms with Crippen molar-refractivity contribution >= 4 is 5.97 Å². The zero-order valence-electron chi connectivity index (χ0n) is 8.89. The van der Waals surface area contributed by atoms with E-state index in [4.69, 9.17) is 5.11 Å². The lowest BCUT2D eigenvalue weighted by Crippen LogP contribution is -2.09. The van der Waals surface area contributed by atoms with Crippen LogP contribution in [0.15, 0.2) is 24.5 Å². The first-order valence-electron chi connectivity index (χ1n) is 4.90. The maximum atomic E-state index is 13.4. The van der Waals surface area contributed by atoms with Crippen LogP contribution in [0.1, 0.15) is 27.8 Å². The molecule has 18 heavy (non-hydrogen) atoms. The summed E-state index contributed by atoms with van der Waals surface area (Å²) in [4.78, 5) is 16.7. The second kappa shape index (κ2) is 4.53. The molecule has 0 aliphatic heterocycles. The molecule has 3 N–H and O–H groups in total. The highest BCUT2D eigenvalue weighted by Gasteiger charge is 2.24. The first-order valence-corrected chi connectivity index (χ1v) is 4.90. The summed E-state index contributed by atoms with van der Waals surface area (Å²) in [5, 5.41) is 18.7. The summed E-state index contributed by atoms with van der Waals surface area (Å²) in [7, 11) is 0. The summed E-state index contributed by atoms with van der Waals surface area (Å²) in [5.74, 6) is -2.95. The number of nitrogens with zero attached hydrogens (tertiary/aromatic N) is 1. The number of benzene rings is 1. The highest BCUT2D eigenvalue weighted by molar-refractivity contribution is 5.86. The molecule has 1 aromatic carbocycles. The van der Waals surface area contributed by atoms with Crippen LogP contribution < -0.4 is 0 Å². The minimum Gasteiger partial charge on any atom is -0.476 e. The number of carboxylic acid groups (broad SMARTS) is 1. The van der Waals surface area contributed by atoms with E-state index in [-0.39, 0.29) is 11.3 Å². The van der Waals surface area contributed by atoms with Crippen LogP contribution in [0.3, 0.4) is 0 Å². The molecule has 0 bridgehead atoms. The molecule has 1 aromatic heterocycles. The standard InChI is InChI=1S/C11H8F2N2O3/c12-5-1-2-7(13)6(3-5)10(16)8-9(11(17)18)15-4-14-8/h1-4,10,16H,(H,14,15)(H,17,18). The third kappa shape index (κ3) is 2.07. The first-order chi connectivity index (χ1) is 8.50. The number of aliphatic hydroxyl groups is 1. The maximum absolute atomic E-state index is 13.4. The molecule has 1 unspecified atom stereocenters. The fourth-order valence-corrected chi connectivity index (χ4v) is 1.56. The summed E-state index contributed by atoms with van der Waals surface area (Å²) < 4.78 is 26.4. The third-order valence-corrected chi connectivity index (χ3v) is 2.40. The molecule has 0 saturated heterocycles. The zero-order valence-corrected chi connectivity index (χ0v) is 8.89. The van der Waals surface area contributed by atoms with Crippen molar-refractivity contribution in [3.8, 4) is 0 Å². The molecule has 0 fully saturated rings. The van der Waals surface area contributed by atoms with E-state index in [0.29, 0.717) is 0 Å². The van der Waals surface area contributed by atoms with Crippen molar-refractivity contribution in [3.05, 3.63) is 53.1 Å². The van der Waals surface area contributed by atoms with Crippen LogP contribution in [0.5, 0.6) is 0 Å². The number of aromatic nitrogens is 2. The Labute approximate surface area is 99.7 Å². The summed E-state index contributed by atoms with van der Waals surface area (Å²) >= 11 is 0. The number of halogens is 2. The molecular weight excluding hydrogens is 246 g/mol. The van der Waals surface area contributed by atoms with Crippen molar-refractivity contribution in [2.75, 3.05) is 0 Å². The van der Waals surface area contributed by atoms with E-state index in [0.717, 1.165) is 24.5 Å². The fourth-order valence-electron chi connectivity index (χ4n) is 1.56. The van der Waals surface area contributed by atoms with Gasteiger partial charge >= 0.3 is 5.97 Å². The van der Waals surface area contributed by atoms with Crippen LogP contribution in [0.2, 0.25) is 0 Å². The molecule has 0 spiro atoms. The van der Waals surface area contributed by atoms with Gasteiger partial charge in [-0.2, -0.15) is 0 Å². The van der Waals surface area contributed by atoms with Crippen molar-refractivity contribution in [3.63, 3.8) is 0 Å². The monoisotopic (exact) mass is 254 g/mol. The van der Waals surface area contributed by atoms with Crippen LogP contribution in [-0.4, -0.2) is 26.2 Å². The van der Waals surface area contributed by atoms with E-state index >= 15 is 0 Å². The van der Waals surface area contributed by atoms with Crippen LogP contribution in [0.4, 0.5) is 8.78 Å². The molecule has 7 heteroatoms. The number of aliphatic hydroxyl groups excluding tert-OH is 1. The maximum Gasteiger partial charge on any atom is 0.356 e. The minimum absolute atomic E-state index is 0.202. The van der Waals surface area contributed by atoms with Gasteiger partial charge in [-0.05, 0) is 18.2 Å². The Morgan fingerprint density at radius 1 is 1.39 bits per heavy atom. The van der Waals surface area contributed by atoms with Gasteiger partial charge in [0.2, 0.25) is 0 Å².